The highest BCUT2D eigenvalue weighted by Gasteiger charge is 2.39. The van der Waals surface area contributed by atoms with Crippen molar-refractivity contribution < 1.29 is 9.53 Å². The molecule has 5 nitrogen and oxygen atoms in total. The van der Waals surface area contributed by atoms with Gasteiger partial charge in [0.05, 0.1) is 16.8 Å². The van der Waals surface area contributed by atoms with E-state index in [1.165, 1.54) is 0 Å². The zero-order chi connectivity index (χ0) is 15.1. The van der Waals surface area contributed by atoms with Crippen LogP contribution in [0.15, 0.2) is 0 Å². The van der Waals surface area contributed by atoms with Gasteiger partial charge in [-0.25, -0.2) is 9.97 Å². The van der Waals surface area contributed by atoms with Gasteiger partial charge in [0.15, 0.2) is 6.29 Å². The molecule has 1 aliphatic heterocycles. The van der Waals surface area contributed by atoms with Crippen molar-refractivity contribution in [2.45, 2.75) is 45.8 Å². The second-order valence-corrected chi connectivity index (χ2v) is 6.75. The Kier molecular flexibility index (Phi) is 3.77. The number of nitrogens with zero attached hydrogens (tertiary/aromatic N) is 3. The monoisotopic (exact) mass is 297 g/mol. The molecule has 0 spiro atoms. The van der Waals surface area contributed by atoms with Crippen LogP contribution in [0.4, 0.5) is 5.82 Å². The molecule has 1 aliphatic rings. The van der Waals surface area contributed by atoms with Crippen LogP contribution in [0.5, 0.6) is 0 Å². The number of rotatable bonds is 2. The summed E-state index contributed by atoms with van der Waals surface area (Å²) in [7, 11) is 0. The maximum atomic E-state index is 11.3. The molecule has 6 heteroatoms. The lowest BCUT2D eigenvalue weighted by Crippen LogP contribution is -2.57. The Balaban J connectivity index is 2.48. The van der Waals surface area contributed by atoms with Crippen molar-refractivity contribution in [2.75, 3.05) is 18.0 Å². The highest BCUT2D eigenvalue weighted by Crippen LogP contribution is 2.33. The molecule has 1 fully saturated rings. The lowest BCUT2D eigenvalue weighted by molar-refractivity contribution is -0.133. The molecule has 0 N–H and O–H groups in total. The average molecular weight is 298 g/mol. The molecule has 0 bridgehead atoms. The predicted molar refractivity (Wildman–Crippen MR) is 78.6 cm³/mol. The summed E-state index contributed by atoms with van der Waals surface area (Å²) in [4.78, 5) is 21.8. The molecule has 1 saturated heterocycles. The van der Waals surface area contributed by atoms with Crippen molar-refractivity contribution in [2.24, 2.45) is 0 Å². The Hall–Kier alpha value is -1.20. The standard InChI is InChI=1S/C14H20ClN3O2/c1-9-16-11(15)10(6-19)12(17-9)18-7-13(2,3)20-14(4,5)8-18/h6H,7-8H2,1-5H3. The molecule has 1 aromatic heterocycles. The first-order valence-electron chi connectivity index (χ1n) is 6.58. The number of aryl methyl sites for hydroxylation is 1. The molecule has 0 radical (unpaired) electrons. The molecule has 110 valence electrons. The number of carbonyl (C=O) groups excluding carboxylic acids is 1. The molecule has 0 aromatic carbocycles. The zero-order valence-corrected chi connectivity index (χ0v) is 13.3. The summed E-state index contributed by atoms with van der Waals surface area (Å²) in [6.07, 6.45) is 0.715. The van der Waals surface area contributed by atoms with Gasteiger partial charge in [0.2, 0.25) is 0 Å². The molecular weight excluding hydrogens is 278 g/mol. The van der Waals surface area contributed by atoms with Crippen LogP contribution in [0.3, 0.4) is 0 Å². The van der Waals surface area contributed by atoms with E-state index < -0.39 is 0 Å². The number of hydrogen-bond acceptors (Lipinski definition) is 5. The number of ether oxygens (including phenoxy) is 1. The Labute approximate surface area is 124 Å². The van der Waals surface area contributed by atoms with Crippen molar-refractivity contribution in [3.8, 4) is 0 Å². The Morgan fingerprint density at radius 2 is 1.75 bits per heavy atom. The minimum absolute atomic E-state index is 0.199. The van der Waals surface area contributed by atoms with E-state index >= 15 is 0 Å². The molecule has 0 unspecified atom stereocenters. The summed E-state index contributed by atoms with van der Waals surface area (Å²) in [5.41, 5.74) is -0.314. The summed E-state index contributed by atoms with van der Waals surface area (Å²) in [5, 5.41) is 0.199. The summed E-state index contributed by atoms with van der Waals surface area (Å²) < 4.78 is 6.04. The number of anilines is 1. The predicted octanol–water partition coefficient (Wildman–Crippen LogP) is 2.64. The lowest BCUT2D eigenvalue weighted by Gasteiger charge is -2.47. The van der Waals surface area contributed by atoms with Gasteiger partial charge in [-0.05, 0) is 34.6 Å². The molecular formula is C14H20ClN3O2. The second kappa shape index (κ2) is 4.97. The number of aldehydes is 1. The SMILES string of the molecule is Cc1nc(Cl)c(C=O)c(N2CC(C)(C)OC(C)(C)C2)n1. The van der Waals surface area contributed by atoms with Crippen molar-refractivity contribution in [3.05, 3.63) is 16.5 Å². The fraction of sp³-hybridized carbons (Fsp3) is 0.643. The Bertz CT molecular complexity index is 527. The van der Waals surface area contributed by atoms with E-state index in [1.807, 2.05) is 32.6 Å². The van der Waals surface area contributed by atoms with Crippen molar-refractivity contribution in [1.82, 2.24) is 9.97 Å². The third-order valence-electron chi connectivity index (χ3n) is 3.10. The van der Waals surface area contributed by atoms with Crippen LogP contribution in [-0.2, 0) is 4.74 Å². The minimum Gasteiger partial charge on any atom is -0.366 e. The highest BCUT2D eigenvalue weighted by molar-refractivity contribution is 6.32. The fourth-order valence-corrected chi connectivity index (χ4v) is 3.06. The molecule has 2 heterocycles. The zero-order valence-electron chi connectivity index (χ0n) is 12.5. The van der Waals surface area contributed by atoms with Crippen molar-refractivity contribution in [3.63, 3.8) is 0 Å². The van der Waals surface area contributed by atoms with E-state index in [9.17, 15) is 4.79 Å². The van der Waals surface area contributed by atoms with E-state index in [0.717, 1.165) is 0 Å². The van der Waals surface area contributed by atoms with Crippen LogP contribution in [0.1, 0.15) is 43.9 Å². The lowest BCUT2D eigenvalue weighted by atomic mass is 9.98. The molecule has 0 aliphatic carbocycles. The maximum absolute atomic E-state index is 11.3. The van der Waals surface area contributed by atoms with E-state index in [2.05, 4.69) is 9.97 Å². The van der Waals surface area contributed by atoms with E-state index in [1.54, 1.807) is 6.92 Å². The number of aromatic nitrogens is 2. The number of hydrogen-bond donors (Lipinski definition) is 0. The molecule has 0 saturated carbocycles. The normalized spacial score (nSPS) is 20.8. The topological polar surface area (TPSA) is 55.3 Å². The van der Waals surface area contributed by atoms with Crippen LogP contribution >= 0.6 is 11.6 Å². The summed E-state index contributed by atoms with van der Waals surface area (Å²) in [6.45, 7) is 11.2. The van der Waals surface area contributed by atoms with Gasteiger partial charge < -0.3 is 9.64 Å². The average Bonchev–Trinajstić information content (AvgIpc) is 2.23. The van der Waals surface area contributed by atoms with E-state index in [0.29, 0.717) is 36.6 Å². The first-order valence-corrected chi connectivity index (χ1v) is 6.96. The first-order chi connectivity index (χ1) is 9.13. The number of morpholine rings is 1. The Morgan fingerprint density at radius 1 is 1.20 bits per heavy atom. The third-order valence-corrected chi connectivity index (χ3v) is 3.39. The smallest absolute Gasteiger partial charge is 0.156 e. The third kappa shape index (κ3) is 3.10. The van der Waals surface area contributed by atoms with Gasteiger partial charge in [0.25, 0.3) is 0 Å². The van der Waals surface area contributed by atoms with Gasteiger partial charge in [-0.15, -0.1) is 0 Å². The van der Waals surface area contributed by atoms with Gasteiger partial charge in [0, 0.05) is 13.1 Å². The molecule has 0 atom stereocenters. The van der Waals surface area contributed by atoms with Crippen LogP contribution < -0.4 is 4.90 Å². The largest absolute Gasteiger partial charge is 0.366 e. The first kappa shape index (κ1) is 15.2. The summed E-state index contributed by atoms with van der Waals surface area (Å²) in [5.74, 6) is 1.14. The summed E-state index contributed by atoms with van der Waals surface area (Å²) in [6, 6.07) is 0. The van der Waals surface area contributed by atoms with Crippen LogP contribution in [-0.4, -0.2) is 40.5 Å². The minimum atomic E-state index is -0.326. The van der Waals surface area contributed by atoms with Crippen LogP contribution in [0, 0.1) is 6.92 Å². The quantitative estimate of drug-likeness (QED) is 0.620. The maximum Gasteiger partial charge on any atom is 0.156 e. The van der Waals surface area contributed by atoms with Gasteiger partial charge in [0.1, 0.15) is 16.8 Å². The molecule has 1 aromatic rings. The fourth-order valence-electron chi connectivity index (χ4n) is 2.81. The highest BCUT2D eigenvalue weighted by atomic mass is 35.5. The van der Waals surface area contributed by atoms with Gasteiger partial charge in [-0.1, -0.05) is 11.6 Å². The number of halogens is 1. The van der Waals surface area contributed by atoms with Crippen molar-refractivity contribution in [1.29, 1.82) is 0 Å². The summed E-state index contributed by atoms with van der Waals surface area (Å²) >= 11 is 6.06. The number of carbonyl (C=O) groups is 1. The molecule has 0 amide bonds. The van der Waals surface area contributed by atoms with E-state index in [-0.39, 0.29) is 16.4 Å². The van der Waals surface area contributed by atoms with Crippen LogP contribution in [0.2, 0.25) is 5.15 Å². The van der Waals surface area contributed by atoms with E-state index in [4.69, 9.17) is 16.3 Å². The molecule has 20 heavy (non-hydrogen) atoms. The van der Waals surface area contributed by atoms with Gasteiger partial charge in [-0.3, -0.25) is 4.79 Å². The van der Waals surface area contributed by atoms with Gasteiger partial charge in [-0.2, -0.15) is 0 Å². The second-order valence-electron chi connectivity index (χ2n) is 6.39. The Morgan fingerprint density at radius 3 is 2.25 bits per heavy atom. The van der Waals surface area contributed by atoms with Gasteiger partial charge >= 0.3 is 0 Å². The van der Waals surface area contributed by atoms with Crippen LogP contribution in [0.25, 0.3) is 0 Å². The van der Waals surface area contributed by atoms with Crippen molar-refractivity contribution >= 4 is 23.7 Å². The molecule has 2 rings (SSSR count).